The van der Waals surface area contributed by atoms with Crippen molar-refractivity contribution in [3.05, 3.63) is 39.6 Å². The van der Waals surface area contributed by atoms with E-state index >= 15 is 0 Å². The molecule has 0 aliphatic heterocycles. The third-order valence-corrected chi connectivity index (χ3v) is 4.81. The maximum atomic E-state index is 12.6. The maximum Gasteiger partial charge on any atom is 0.348 e. The van der Waals surface area contributed by atoms with Gasteiger partial charge in [-0.25, -0.2) is 9.78 Å². The summed E-state index contributed by atoms with van der Waals surface area (Å²) in [6, 6.07) is 3.52. The van der Waals surface area contributed by atoms with Crippen molar-refractivity contribution in [2.45, 2.75) is 33.2 Å². The third-order valence-electron chi connectivity index (χ3n) is 3.78. The molecule has 1 aromatic carbocycles. The van der Waals surface area contributed by atoms with Crippen molar-refractivity contribution in [1.29, 1.82) is 0 Å². The topological polar surface area (TPSA) is 164 Å². The van der Waals surface area contributed by atoms with Gasteiger partial charge in [0, 0.05) is 12.6 Å². The Balaban J connectivity index is 2.31. The number of hydrogen-bond acceptors (Lipinski definition) is 8. The summed E-state index contributed by atoms with van der Waals surface area (Å²) in [7, 11) is 0. The van der Waals surface area contributed by atoms with Gasteiger partial charge in [0.2, 0.25) is 5.91 Å². The summed E-state index contributed by atoms with van der Waals surface area (Å²) in [6.45, 7) is 4.43. The normalized spacial score (nSPS) is 11.4. The number of carboxylic acid groups (broad SMARTS) is 1. The predicted octanol–water partition coefficient (Wildman–Crippen LogP) is 2.85. The standard InChI is InChI=1S/C17H19N5O6S/c1-4-12(16(25)26)20-10-5-6-11(13(7-10)19-9(3)23)14(24)21-17-18-8(2)15(29-17)22(27)28/h5-7,12,20H,4H2,1-3H3,(H,19,23)(H,25,26)(H,18,21,24). The van der Waals surface area contributed by atoms with E-state index in [4.69, 9.17) is 5.11 Å². The average Bonchev–Trinajstić information content (AvgIpc) is 2.99. The molecule has 1 atom stereocenters. The highest BCUT2D eigenvalue weighted by molar-refractivity contribution is 7.19. The molecule has 0 fully saturated rings. The van der Waals surface area contributed by atoms with E-state index in [9.17, 15) is 24.5 Å². The minimum Gasteiger partial charge on any atom is -0.480 e. The van der Waals surface area contributed by atoms with Crippen molar-refractivity contribution >= 4 is 50.6 Å². The molecule has 2 rings (SSSR count). The second-order valence-corrected chi connectivity index (χ2v) is 6.98. The summed E-state index contributed by atoms with van der Waals surface area (Å²) in [5.41, 5.74) is 0.823. The van der Waals surface area contributed by atoms with Gasteiger partial charge < -0.3 is 15.7 Å². The number of benzene rings is 1. The van der Waals surface area contributed by atoms with E-state index < -0.39 is 28.7 Å². The SMILES string of the molecule is CCC(Nc1ccc(C(=O)Nc2nc(C)c([N+](=O)[O-])s2)c(NC(C)=O)c1)C(=O)O. The highest BCUT2D eigenvalue weighted by Crippen LogP contribution is 2.30. The van der Waals surface area contributed by atoms with Crippen LogP contribution < -0.4 is 16.0 Å². The van der Waals surface area contributed by atoms with E-state index in [0.717, 1.165) is 11.3 Å². The lowest BCUT2D eigenvalue weighted by molar-refractivity contribution is -0.380. The van der Waals surface area contributed by atoms with Crippen molar-refractivity contribution in [1.82, 2.24) is 4.98 Å². The van der Waals surface area contributed by atoms with E-state index in [1.54, 1.807) is 6.92 Å². The highest BCUT2D eigenvalue weighted by Gasteiger charge is 2.21. The van der Waals surface area contributed by atoms with E-state index in [-0.39, 0.29) is 27.1 Å². The molecule has 0 aliphatic rings. The van der Waals surface area contributed by atoms with Crippen molar-refractivity contribution in [2.75, 3.05) is 16.0 Å². The lowest BCUT2D eigenvalue weighted by Gasteiger charge is -2.16. The fourth-order valence-electron chi connectivity index (χ4n) is 2.44. The van der Waals surface area contributed by atoms with Gasteiger partial charge in [-0.1, -0.05) is 6.92 Å². The number of carbonyl (C=O) groups excluding carboxylic acids is 2. The Morgan fingerprint density at radius 3 is 2.52 bits per heavy atom. The molecule has 11 nitrogen and oxygen atoms in total. The molecule has 154 valence electrons. The zero-order valence-corrected chi connectivity index (χ0v) is 16.6. The molecular formula is C17H19N5O6S. The fourth-order valence-corrected chi connectivity index (χ4v) is 3.22. The number of anilines is 3. The van der Waals surface area contributed by atoms with Crippen LogP contribution in [0.1, 0.15) is 36.3 Å². The Bertz CT molecular complexity index is 973. The lowest BCUT2D eigenvalue weighted by atomic mass is 10.1. The molecule has 29 heavy (non-hydrogen) atoms. The van der Waals surface area contributed by atoms with Gasteiger partial charge in [0.1, 0.15) is 11.7 Å². The molecule has 0 aliphatic carbocycles. The molecule has 1 unspecified atom stereocenters. The van der Waals surface area contributed by atoms with Crippen molar-refractivity contribution in [2.24, 2.45) is 0 Å². The lowest BCUT2D eigenvalue weighted by Crippen LogP contribution is -2.28. The van der Waals surface area contributed by atoms with Gasteiger partial charge in [0.05, 0.1) is 16.2 Å². The molecule has 0 bridgehead atoms. The first-order valence-electron chi connectivity index (χ1n) is 8.46. The van der Waals surface area contributed by atoms with Crippen molar-refractivity contribution in [3.63, 3.8) is 0 Å². The largest absolute Gasteiger partial charge is 0.480 e. The van der Waals surface area contributed by atoms with Gasteiger partial charge in [-0.2, -0.15) is 0 Å². The van der Waals surface area contributed by atoms with Crippen LogP contribution in [0, 0.1) is 17.0 Å². The summed E-state index contributed by atoms with van der Waals surface area (Å²) in [4.78, 5) is 49.7. The Labute approximate surface area is 169 Å². The Hall–Kier alpha value is -3.54. The minimum absolute atomic E-state index is 0.0482. The highest BCUT2D eigenvalue weighted by atomic mass is 32.1. The third kappa shape index (κ3) is 5.48. The quantitative estimate of drug-likeness (QED) is 0.373. The van der Waals surface area contributed by atoms with Crippen LogP contribution in [0.5, 0.6) is 0 Å². The van der Waals surface area contributed by atoms with Gasteiger partial charge >= 0.3 is 11.0 Å². The summed E-state index contributed by atoms with van der Waals surface area (Å²) in [6.07, 6.45) is 0.329. The zero-order valence-electron chi connectivity index (χ0n) is 15.8. The molecule has 1 heterocycles. The number of rotatable bonds is 8. The van der Waals surface area contributed by atoms with Gasteiger partial charge in [-0.05, 0) is 42.9 Å². The fraction of sp³-hybridized carbons (Fsp3) is 0.294. The number of aromatic nitrogens is 1. The average molecular weight is 421 g/mol. The minimum atomic E-state index is -1.03. The first-order valence-corrected chi connectivity index (χ1v) is 9.28. The number of thiazole rings is 1. The molecule has 0 radical (unpaired) electrons. The van der Waals surface area contributed by atoms with Crippen LogP contribution in [0.4, 0.5) is 21.5 Å². The molecule has 0 saturated heterocycles. The monoisotopic (exact) mass is 421 g/mol. The van der Waals surface area contributed by atoms with Crippen LogP contribution in [0.15, 0.2) is 18.2 Å². The summed E-state index contributed by atoms with van der Waals surface area (Å²) < 4.78 is 0. The van der Waals surface area contributed by atoms with E-state index in [0.29, 0.717) is 12.1 Å². The number of hydrogen-bond donors (Lipinski definition) is 4. The van der Waals surface area contributed by atoms with Crippen LogP contribution in [-0.4, -0.2) is 38.8 Å². The summed E-state index contributed by atoms with van der Waals surface area (Å²) >= 11 is 0.721. The molecule has 2 aromatic rings. The van der Waals surface area contributed by atoms with Crippen LogP contribution >= 0.6 is 11.3 Å². The number of carbonyl (C=O) groups is 3. The van der Waals surface area contributed by atoms with Crippen molar-refractivity contribution in [3.8, 4) is 0 Å². The number of aliphatic carboxylic acids is 1. The first kappa shape index (κ1) is 21.8. The molecule has 2 amide bonds. The first-order chi connectivity index (χ1) is 13.6. The molecular weight excluding hydrogens is 402 g/mol. The Morgan fingerprint density at radius 2 is 2.00 bits per heavy atom. The van der Waals surface area contributed by atoms with Gasteiger partial charge in [0.25, 0.3) is 5.91 Å². The molecule has 4 N–H and O–H groups in total. The molecule has 0 saturated carbocycles. The zero-order chi connectivity index (χ0) is 21.7. The van der Waals surface area contributed by atoms with Gasteiger partial charge in [-0.15, -0.1) is 0 Å². The second-order valence-electron chi connectivity index (χ2n) is 6.01. The molecule has 1 aromatic heterocycles. The van der Waals surface area contributed by atoms with E-state index in [1.807, 2.05) is 0 Å². The van der Waals surface area contributed by atoms with Crippen molar-refractivity contribution < 1.29 is 24.4 Å². The predicted molar refractivity (Wildman–Crippen MR) is 108 cm³/mol. The summed E-state index contributed by atoms with van der Waals surface area (Å²) in [5, 5.41) is 27.8. The van der Waals surface area contributed by atoms with Gasteiger partial charge in [-0.3, -0.25) is 25.0 Å². The maximum absolute atomic E-state index is 12.6. The van der Waals surface area contributed by atoms with Crippen LogP contribution in [0.3, 0.4) is 0 Å². The number of nitro groups is 1. The van der Waals surface area contributed by atoms with E-state index in [2.05, 4.69) is 20.9 Å². The second kappa shape index (κ2) is 9.10. The Morgan fingerprint density at radius 1 is 1.31 bits per heavy atom. The smallest absolute Gasteiger partial charge is 0.348 e. The van der Waals surface area contributed by atoms with Crippen LogP contribution in [-0.2, 0) is 9.59 Å². The number of carboxylic acids is 1. The number of nitrogens with zero attached hydrogens (tertiary/aromatic N) is 2. The van der Waals surface area contributed by atoms with Gasteiger partial charge in [0.15, 0.2) is 5.13 Å². The summed E-state index contributed by atoms with van der Waals surface area (Å²) in [5.74, 6) is -2.09. The molecule has 12 heteroatoms. The molecule has 0 spiro atoms. The number of nitrogens with one attached hydrogen (secondary N) is 3. The van der Waals surface area contributed by atoms with E-state index in [1.165, 1.54) is 32.0 Å². The van der Waals surface area contributed by atoms with Crippen LogP contribution in [0.25, 0.3) is 0 Å². The Kier molecular flexibility index (Phi) is 6.83. The number of amides is 2. The number of aryl methyl sites for hydroxylation is 1. The van der Waals surface area contributed by atoms with Crippen LogP contribution in [0.2, 0.25) is 0 Å².